The molecule has 0 bridgehead atoms. The first kappa shape index (κ1) is 17.2. The lowest BCUT2D eigenvalue weighted by molar-refractivity contribution is -0.134. The Labute approximate surface area is 140 Å². The Morgan fingerprint density at radius 2 is 1.91 bits per heavy atom. The second-order valence-electron chi connectivity index (χ2n) is 5.48. The number of carbonyl (C=O) groups is 3. The van der Waals surface area contributed by atoms with Gasteiger partial charge in [-0.3, -0.25) is 14.5 Å². The summed E-state index contributed by atoms with van der Waals surface area (Å²) in [6.07, 6.45) is -3.06. The van der Waals surface area contributed by atoms with E-state index in [-0.39, 0.29) is 6.42 Å². The van der Waals surface area contributed by atoms with Crippen LogP contribution < -0.4 is 11.5 Å². The smallest absolute Gasteiger partial charge is 0.408 e. The number of carbonyl (C=O) groups excluding carboxylic acids is 2. The summed E-state index contributed by atoms with van der Waals surface area (Å²) < 4.78 is 0.539. The molecule has 1 fully saturated rings. The van der Waals surface area contributed by atoms with Crippen molar-refractivity contribution >= 4 is 33.8 Å². The van der Waals surface area contributed by atoms with E-state index >= 15 is 0 Å². The molecule has 0 saturated carbocycles. The molecule has 1 heterocycles. The molecule has 1 unspecified atom stereocenters. The number of primary amides is 2. The number of aliphatic hydroxyl groups is 1. The van der Waals surface area contributed by atoms with Gasteiger partial charge in [0.25, 0.3) is 0 Å². The van der Waals surface area contributed by atoms with E-state index in [1.54, 1.807) is 24.3 Å². The van der Waals surface area contributed by atoms with Crippen LogP contribution in [-0.2, 0) is 9.59 Å². The van der Waals surface area contributed by atoms with E-state index in [9.17, 15) is 24.6 Å². The number of nitrogens with zero attached hydrogens (tertiary/aromatic N) is 1. The molecule has 1 aromatic carbocycles. The molecule has 0 radical (unpaired) electrons. The Morgan fingerprint density at radius 1 is 1.30 bits per heavy atom. The Hall–Kier alpha value is -2.13. The third kappa shape index (κ3) is 2.89. The van der Waals surface area contributed by atoms with E-state index < -0.39 is 42.0 Å². The van der Waals surface area contributed by atoms with Gasteiger partial charge in [-0.1, -0.05) is 34.1 Å². The van der Waals surface area contributed by atoms with E-state index in [1.165, 1.54) is 0 Å². The predicted molar refractivity (Wildman–Crippen MR) is 83.1 cm³/mol. The highest BCUT2D eigenvalue weighted by Crippen LogP contribution is 2.46. The molecule has 1 aliphatic rings. The third-order valence-electron chi connectivity index (χ3n) is 4.17. The average Bonchev–Trinajstić information content (AvgIpc) is 2.89. The quantitative estimate of drug-likeness (QED) is 0.583. The molecule has 0 aromatic heterocycles. The number of hydrogen-bond acceptors (Lipinski definition) is 4. The molecule has 6 N–H and O–H groups in total. The number of likely N-dealkylation sites (tertiary alicyclic amines) is 1. The maximum absolute atomic E-state index is 12.1. The molecule has 1 saturated heterocycles. The highest BCUT2D eigenvalue weighted by molar-refractivity contribution is 9.10. The number of carboxylic acid groups (broad SMARTS) is 1. The number of amides is 3. The third-order valence-corrected chi connectivity index (χ3v) is 4.90. The molecule has 1 aliphatic heterocycles. The molecule has 23 heavy (non-hydrogen) atoms. The van der Waals surface area contributed by atoms with Crippen LogP contribution in [0, 0.1) is 5.41 Å². The minimum atomic E-state index is -1.64. The Morgan fingerprint density at radius 3 is 2.35 bits per heavy atom. The molecular formula is C14H16BrN3O5. The van der Waals surface area contributed by atoms with Gasteiger partial charge in [0.2, 0.25) is 11.8 Å². The Kier molecular flexibility index (Phi) is 4.62. The molecule has 124 valence electrons. The van der Waals surface area contributed by atoms with Crippen molar-refractivity contribution in [3.8, 4) is 0 Å². The van der Waals surface area contributed by atoms with Gasteiger partial charge in [-0.25, -0.2) is 4.79 Å². The number of nitrogens with two attached hydrogens (primary N) is 2. The number of aliphatic hydroxyl groups excluding tert-OH is 1. The van der Waals surface area contributed by atoms with Crippen molar-refractivity contribution in [2.24, 2.45) is 16.9 Å². The molecule has 8 nitrogen and oxygen atoms in total. The summed E-state index contributed by atoms with van der Waals surface area (Å²) in [6, 6.07) is 5.41. The van der Waals surface area contributed by atoms with Gasteiger partial charge < -0.3 is 21.7 Å². The summed E-state index contributed by atoms with van der Waals surface area (Å²) in [7, 11) is 0. The van der Waals surface area contributed by atoms with Crippen molar-refractivity contribution in [2.75, 3.05) is 6.54 Å². The summed E-state index contributed by atoms with van der Waals surface area (Å²) in [6.45, 7) is -0.409. The molecule has 0 spiro atoms. The van der Waals surface area contributed by atoms with E-state index in [4.69, 9.17) is 11.5 Å². The number of rotatable bonds is 4. The number of halogens is 1. The van der Waals surface area contributed by atoms with Gasteiger partial charge in [0, 0.05) is 11.0 Å². The number of hydrogen-bond donors (Lipinski definition) is 4. The summed E-state index contributed by atoms with van der Waals surface area (Å²) in [4.78, 5) is 35.7. The summed E-state index contributed by atoms with van der Waals surface area (Å²) in [5, 5.41) is 19.9. The van der Waals surface area contributed by atoms with Crippen LogP contribution >= 0.6 is 15.9 Å². The maximum Gasteiger partial charge on any atom is 0.408 e. The zero-order valence-electron chi connectivity index (χ0n) is 12.0. The van der Waals surface area contributed by atoms with Crippen LogP contribution in [0.4, 0.5) is 4.79 Å². The fourth-order valence-electron chi connectivity index (χ4n) is 2.89. The van der Waals surface area contributed by atoms with Crippen molar-refractivity contribution in [2.45, 2.75) is 18.6 Å². The lowest BCUT2D eigenvalue weighted by atomic mass is 9.76. The van der Waals surface area contributed by atoms with Gasteiger partial charge in [0.05, 0.1) is 11.5 Å². The Balaban J connectivity index is 2.49. The van der Waals surface area contributed by atoms with Crippen molar-refractivity contribution in [3.05, 3.63) is 34.3 Å². The van der Waals surface area contributed by atoms with E-state index in [1.807, 2.05) is 0 Å². The molecular weight excluding hydrogens is 370 g/mol. The van der Waals surface area contributed by atoms with Gasteiger partial charge in [0.15, 0.2) is 0 Å². The van der Waals surface area contributed by atoms with Crippen LogP contribution in [0.1, 0.15) is 18.1 Å². The van der Waals surface area contributed by atoms with Crippen LogP contribution in [-0.4, -0.2) is 45.6 Å². The van der Waals surface area contributed by atoms with E-state index in [0.29, 0.717) is 10.0 Å². The van der Waals surface area contributed by atoms with Gasteiger partial charge in [-0.2, -0.15) is 0 Å². The first-order valence-corrected chi connectivity index (χ1v) is 7.51. The lowest BCUT2D eigenvalue weighted by Crippen LogP contribution is -2.45. The fraction of sp³-hybridized carbons (Fsp3) is 0.357. The summed E-state index contributed by atoms with van der Waals surface area (Å²) >= 11 is 3.27. The highest BCUT2D eigenvalue weighted by Gasteiger charge is 2.56. The van der Waals surface area contributed by atoms with Crippen LogP contribution in [0.15, 0.2) is 28.7 Å². The first-order valence-electron chi connectivity index (χ1n) is 6.72. The van der Waals surface area contributed by atoms with Crippen LogP contribution in [0.25, 0.3) is 0 Å². The van der Waals surface area contributed by atoms with Crippen molar-refractivity contribution < 1.29 is 24.6 Å². The first-order chi connectivity index (χ1) is 10.7. The monoisotopic (exact) mass is 385 g/mol. The zero-order valence-corrected chi connectivity index (χ0v) is 13.6. The molecule has 0 aliphatic carbocycles. The Bertz CT molecular complexity index is 644. The highest BCUT2D eigenvalue weighted by atomic mass is 79.9. The van der Waals surface area contributed by atoms with E-state index in [2.05, 4.69) is 15.9 Å². The zero-order chi connectivity index (χ0) is 17.4. The predicted octanol–water partition coefficient (Wildman–Crippen LogP) is 0.192. The van der Waals surface area contributed by atoms with Crippen LogP contribution in [0.5, 0.6) is 0 Å². The second kappa shape index (κ2) is 6.17. The van der Waals surface area contributed by atoms with Gasteiger partial charge >= 0.3 is 6.09 Å². The SMILES string of the molecule is NC(=O)[C@@H]1C[C@@](C(N)=O)(C(O)c2ccccc2Br)CN1C(=O)O. The van der Waals surface area contributed by atoms with Crippen LogP contribution in [0.3, 0.4) is 0 Å². The maximum atomic E-state index is 12.1. The largest absolute Gasteiger partial charge is 0.465 e. The van der Waals surface area contributed by atoms with Gasteiger partial charge in [-0.05, 0) is 18.1 Å². The van der Waals surface area contributed by atoms with Crippen molar-refractivity contribution in [3.63, 3.8) is 0 Å². The number of benzene rings is 1. The summed E-state index contributed by atoms with van der Waals surface area (Å²) in [5.41, 5.74) is 9.43. The minimum absolute atomic E-state index is 0.271. The molecule has 3 atom stereocenters. The van der Waals surface area contributed by atoms with Crippen molar-refractivity contribution in [1.82, 2.24) is 4.90 Å². The van der Waals surface area contributed by atoms with Crippen LogP contribution in [0.2, 0.25) is 0 Å². The molecule has 9 heteroatoms. The lowest BCUT2D eigenvalue weighted by Gasteiger charge is -2.31. The van der Waals surface area contributed by atoms with Crippen molar-refractivity contribution in [1.29, 1.82) is 0 Å². The second-order valence-corrected chi connectivity index (χ2v) is 6.33. The standard InChI is InChI=1S/C14H16BrN3O5/c15-8-4-2-1-3-7(8)10(19)14(12(17)21)5-9(11(16)20)18(6-14)13(22)23/h1-4,9-10,19H,5-6H2,(H2,16,20)(H2,17,21)(H,22,23)/t9-,10?,14-/m0/s1. The molecule has 1 aromatic rings. The molecule has 3 amide bonds. The average molecular weight is 386 g/mol. The normalized spacial score (nSPS) is 25.1. The fourth-order valence-corrected chi connectivity index (χ4v) is 3.40. The minimum Gasteiger partial charge on any atom is -0.465 e. The van der Waals surface area contributed by atoms with Gasteiger partial charge in [-0.15, -0.1) is 0 Å². The summed E-state index contributed by atoms with van der Waals surface area (Å²) in [5.74, 6) is -1.79. The van der Waals surface area contributed by atoms with Gasteiger partial charge in [0.1, 0.15) is 6.04 Å². The van der Waals surface area contributed by atoms with E-state index in [0.717, 1.165) is 4.90 Å². The topological polar surface area (TPSA) is 147 Å². The molecule has 2 rings (SSSR count).